The highest BCUT2D eigenvalue weighted by Gasteiger charge is 2.08. The first-order valence-corrected chi connectivity index (χ1v) is 5.54. The van der Waals surface area contributed by atoms with Crippen molar-refractivity contribution in [1.82, 2.24) is 0 Å². The molecule has 0 radical (unpaired) electrons. The van der Waals surface area contributed by atoms with Gasteiger partial charge in [0.15, 0.2) is 0 Å². The van der Waals surface area contributed by atoms with E-state index in [-0.39, 0.29) is 0 Å². The first-order valence-electron chi connectivity index (χ1n) is 5.54. The fourth-order valence-corrected chi connectivity index (χ4v) is 1.41. The molecule has 0 spiro atoms. The first-order chi connectivity index (χ1) is 7.06. The summed E-state index contributed by atoms with van der Waals surface area (Å²) < 4.78 is 5.82. The van der Waals surface area contributed by atoms with Crippen molar-refractivity contribution in [1.29, 1.82) is 0 Å². The van der Waals surface area contributed by atoms with Crippen LogP contribution >= 0.6 is 0 Å². The Kier molecular flexibility index (Phi) is 4.01. The van der Waals surface area contributed by atoms with E-state index < -0.39 is 0 Å². The molecule has 1 aromatic rings. The molecular weight excluding hydrogens is 186 g/mol. The van der Waals surface area contributed by atoms with Crippen molar-refractivity contribution >= 4 is 5.69 Å². The number of hydrogen-bond acceptors (Lipinski definition) is 2. The van der Waals surface area contributed by atoms with Gasteiger partial charge in [-0.2, -0.15) is 0 Å². The van der Waals surface area contributed by atoms with Crippen LogP contribution in [0.4, 0.5) is 5.69 Å². The average molecular weight is 207 g/mol. The fourth-order valence-electron chi connectivity index (χ4n) is 1.41. The average Bonchev–Trinajstić information content (AvgIpc) is 2.23. The summed E-state index contributed by atoms with van der Waals surface area (Å²) in [5.41, 5.74) is 8.87. The highest BCUT2D eigenvalue weighted by atomic mass is 16.5. The zero-order chi connectivity index (χ0) is 11.4. The van der Waals surface area contributed by atoms with Gasteiger partial charge in [-0.1, -0.05) is 26.3 Å². The smallest absolute Gasteiger partial charge is 0.127 e. The second-order valence-electron chi connectivity index (χ2n) is 4.25. The molecule has 0 aliphatic rings. The van der Waals surface area contributed by atoms with E-state index in [1.807, 2.05) is 19.1 Å². The van der Waals surface area contributed by atoms with Gasteiger partial charge in [0.05, 0.1) is 6.61 Å². The lowest BCUT2D eigenvalue weighted by Gasteiger charge is -2.16. The van der Waals surface area contributed by atoms with Crippen molar-refractivity contribution in [2.75, 3.05) is 12.3 Å². The zero-order valence-electron chi connectivity index (χ0n) is 10.1. The van der Waals surface area contributed by atoms with E-state index in [0.717, 1.165) is 35.6 Å². The van der Waals surface area contributed by atoms with Crippen molar-refractivity contribution in [3.8, 4) is 5.75 Å². The van der Waals surface area contributed by atoms with Gasteiger partial charge < -0.3 is 10.5 Å². The highest BCUT2D eigenvalue weighted by Crippen LogP contribution is 2.28. The lowest BCUT2D eigenvalue weighted by molar-refractivity contribution is 0.254. The second-order valence-corrected chi connectivity index (χ2v) is 4.25. The summed E-state index contributed by atoms with van der Waals surface area (Å²) in [6, 6.07) is 3.94. The number of nitrogens with two attached hydrogens (primary N) is 1. The Morgan fingerprint density at radius 3 is 2.60 bits per heavy atom. The number of aryl methyl sites for hydroxylation is 1. The second kappa shape index (κ2) is 5.06. The molecule has 0 amide bonds. The van der Waals surface area contributed by atoms with Gasteiger partial charge in [-0.05, 0) is 31.4 Å². The Morgan fingerprint density at radius 2 is 2.00 bits per heavy atom. The standard InChI is InChI=1S/C13H21NO/c1-5-9(2)8-15-13-10(3)6-7-12(14)11(13)4/h6-7,9H,5,8,14H2,1-4H3. The van der Waals surface area contributed by atoms with Crippen molar-refractivity contribution in [2.45, 2.75) is 34.1 Å². The summed E-state index contributed by atoms with van der Waals surface area (Å²) in [4.78, 5) is 0. The number of benzene rings is 1. The maximum Gasteiger partial charge on any atom is 0.127 e. The van der Waals surface area contributed by atoms with Gasteiger partial charge in [0.1, 0.15) is 5.75 Å². The van der Waals surface area contributed by atoms with Crippen LogP contribution in [0.15, 0.2) is 12.1 Å². The summed E-state index contributed by atoms with van der Waals surface area (Å²) in [6.07, 6.45) is 1.14. The van der Waals surface area contributed by atoms with E-state index in [1.54, 1.807) is 0 Å². The largest absolute Gasteiger partial charge is 0.493 e. The van der Waals surface area contributed by atoms with E-state index in [4.69, 9.17) is 10.5 Å². The molecule has 0 saturated heterocycles. The molecule has 0 saturated carbocycles. The minimum absolute atomic E-state index is 0.588. The van der Waals surface area contributed by atoms with Gasteiger partial charge in [0.2, 0.25) is 0 Å². The van der Waals surface area contributed by atoms with Gasteiger partial charge in [-0.25, -0.2) is 0 Å². The van der Waals surface area contributed by atoms with E-state index in [9.17, 15) is 0 Å². The third-order valence-electron chi connectivity index (χ3n) is 2.85. The lowest BCUT2D eigenvalue weighted by atomic mass is 10.1. The molecule has 0 bridgehead atoms. The molecule has 2 heteroatoms. The molecule has 2 nitrogen and oxygen atoms in total. The molecular formula is C13H21NO. The minimum atomic E-state index is 0.588. The number of nitrogen functional groups attached to an aromatic ring is 1. The van der Waals surface area contributed by atoms with Crippen LogP contribution in [-0.2, 0) is 0 Å². The lowest BCUT2D eigenvalue weighted by Crippen LogP contribution is -2.09. The third kappa shape index (κ3) is 2.88. The van der Waals surface area contributed by atoms with E-state index in [1.165, 1.54) is 0 Å². The molecule has 0 aromatic heterocycles. The number of hydrogen-bond donors (Lipinski definition) is 1. The monoisotopic (exact) mass is 207 g/mol. The molecule has 84 valence electrons. The molecule has 0 fully saturated rings. The molecule has 0 aliphatic heterocycles. The van der Waals surface area contributed by atoms with E-state index in [2.05, 4.69) is 20.8 Å². The van der Waals surface area contributed by atoms with Crippen LogP contribution < -0.4 is 10.5 Å². The maximum absolute atomic E-state index is 5.85. The third-order valence-corrected chi connectivity index (χ3v) is 2.85. The number of ether oxygens (including phenoxy) is 1. The Labute approximate surface area is 92.4 Å². The van der Waals surface area contributed by atoms with Crippen molar-refractivity contribution in [3.05, 3.63) is 23.3 Å². The van der Waals surface area contributed by atoms with Gasteiger partial charge in [-0.15, -0.1) is 0 Å². The normalized spacial score (nSPS) is 12.5. The van der Waals surface area contributed by atoms with Crippen LogP contribution in [0.3, 0.4) is 0 Å². The van der Waals surface area contributed by atoms with Gasteiger partial charge in [0.25, 0.3) is 0 Å². The molecule has 0 aliphatic carbocycles. The molecule has 2 N–H and O–H groups in total. The molecule has 1 aromatic carbocycles. The Bertz CT molecular complexity index is 334. The predicted molar refractivity (Wildman–Crippen MR) is 65.3 cm³/mol. The van der Waals surface area contributed by atoms with Crippen LogP contribution in [-0.4, -0.2) is 6.61 Å². The van der Waals surface area contributed by atoms with Crippen LogP contribution in [0.25, 0.3) is 0 Å². The van der Waals surface area contributed by atoms with E-state index >= 15 is 0 Å². The van der Waals surface area contributed by atoms with Gasteiger partial charge in [0, 0.05) is 11.3 Å². The minimum Gasteiger partial charge on any atom is -0.493 e. The summed E-state index contributed by atoms with van der Waals surface area (Å²) in [5.74, 6) is 1.54. The predicted octanol–water partition coefficient (Wildman–Crippen LogP) is 3.31. The van der Waals surface area contributed by atoms with Gasteiger partial charge >= 0.3 is 0 Å². The Morgan fingerprint density at radius 1 is 1.33 bits per heavy atom. The summed E-state index contributed by atoms with van der Waals surface area (Å²) in [5, 5.41) is 0. The number of rotatable bonds is 4. The van der Waals surface area contributed by atoms with Gasteiger partial charge in [-0.3, -0.25) is 0 Å². The maximum atomic E-state index is 5.85. The van der Waals surface area contributed by atoms with Crippen molar-refractivity contribution < 1.29 is 4.74 Å². The van der Waals surface area contributed by atoms with Crippen molar-refractivity contribution in [2.24, 2.45) is 5.92 Å². The Hall–Kier alpha value is -1.18. The first kappa shape index (κ1) is 11.9. The molecule has 1 rings (SSSR count). The highest BCUT2D eigenvalue weighted by molar-refractivity contribution is 5.56. The summed E-state index contributed by atoms with van der Waals surface area (Å²) >= 11 is 0. The summed E-state index contributed by atoms with van der Waals surface area (Å²) in [6.45, 7) is 9.19. The quantitative estimate of drug-likeness (QED) is 0.769. The molecule has 1 unspecified atom stereocenters. The topological polar surface area (TPSA) is 35.2 Å². The SMILES string of the molecule is CCC(C)COc1c(C)ccc(N)c1C. The fraction of sp³-hybridized carbons (Fsp3) is 0.538. The Balaban J connectivity index is 2.80. The van der Waals surface area contributed by atoms with Crippen molar-refractivity contribution in [3.63, 3.8) is 0 Å². The zero-order valence-corrected chi connectivity index (χ0v) is 10.1. The molecule has 0 heterocycles. The van der Waals surface area contributed by atoms with Crippen LogP contribution in [0.2, 0.25) is 0 Å². The van der Waals surface area contributed by atoms with Crippen LogP contribution in [0.1, 0.15) is 31.4 Å². The van der Waals surface area contributed by atoms with Crippen LogP contribution in [0, 0.1) is 19.8 Å². The number of anilines is 1. The molecule has 15 heavy (non-hydrogen) atoms. The molecule has 1 atom stereocenters. The van der Waals surface area contributed by atoms with Crippen LogP contribution in [0.5, 0.6) is 5.75 Å². The summed E-state index contributed by atoms with van der Waals surface area (Å²) in [7, 11) is 0. The van der Waals surface area contributed by atoms with E-state index in [0.29, 0.717) is 5.92 Å².